The van der Waals surface area contributed by atoms with Gasteiger partial charge >= 0.3 is 5.97 Å². The fourth-order valence-electron chi connectivity index (χ4n) is 4.22. The molecule has 0 aliphatic carbocycles. The number of fused-ring (bicyclic) bond motifs is 1. The second kappa shape index (κ2) is 9.67. The number of rotatable bonds is 6. The molecule has 1 N–H and O–H groups in total. The number of carbonyl (C=O) groups excluding carboxylic acids is 3. The molecule has 0 fully saturated rings. The summed E-state index contributed by atoms with van der Waals surface area (Å²) in [5.74, 6) is -2.60. The van der Waals surface area contributed by atoms with Gasteiger partial charge in [-0.2, -0.15) is 0 Å². The van der Waals surface area contributed by atoms with Gasteiger partial charge in [0.15, 0.2) is 11.5 Å². The molecule has 2 aromatic heterocycles. The predicted molar refractivity (Wildman–Crippen MR) is 139 cm³/mol. The zero-order chi connectivity index (χ0) is 26.3. The van der Waals surface area contributed by atoms with Crippen LogP contribution >= 0.6 is 15.9 Å². The maximum absolute atomic E-state index is 13.7. The first kappa shape index (κ1) is 24.5. The number of hydrogen-bond donors (Lipinski definition) is 1. The average molecular weight is 561 g/mol. The second-order valence-corrected chi connectivity index (χ2v) is 9.63. The Hall–Kier alpha value is -4.24. The molecule has 1 atom stereocenters. The number of nitrogens with zero attached hydrogens (tertiary/aromatic N) is 2. The number of ketones is 1. The average Bonchev–Trinajstić information content (AvgIpc) is 3.42. The SMILES string of the molecule is CC(C)OC(=O)c1ccc(N2C(=O)C(O)=C(C(=O)c3cc4cc(Br)ccc4o3)C2c2ccccn2)cc1. The van der Waals surface area contributed by atoms with Gasteiger partial charge in [-0.1, -0.05) is 22.0 Å². The third-order valence-electron chi connectivity index (χ3n) is 5.85. The number of aliphatic hydroxyl groups is 1. The summed E-state index contributed by atoms with van der Waals surface area (Å²) in [6.07, 6.45) is 1.26. The number of halogens is 1. The van der Waals surface area contributed by atoms with Gasteiger partial charge in [0.25, 0.3) is 5.91 Å². The Morgan fingerprint density at radius 3 is 2.51 bits per heavy atom. The first-order valence-corrected chi connectivity index (χ1v) is 12.3. The molecular weight excluding hydrogens is 540 g/mol. The van der Waals surface area contributed by atoms with E-state index in [9.17, 15) is 19.5 Å². The van der Waals surface area contributed by atoms with Crippen molar-refractivity contribution in [3.05, 3.63) is 106 Å². The van der Waals surface area contributed by atoms with Crippen LogP contribution in [0.1, 0.15) is 46.5 Å². The van der Waals surface area contributed by atoms with Crippen LogP contribution in [0.2, 0.25) is 0 Å². The van der Waals surface area contributed by atoms with Gasteiger partial charge in [-0.05, 0) is 74.5 Å². The Bertz CT molecular complexity index is 1560. The number of aliphatic hydroxyl groups excluding tert-OH is 1. The highest BCUT2D eigenvalue weighted by Crippen LogP contribution is 2.41. The van der Waals surface area contributed by atoms with Crippen LogP contribution in [-0.4, -0.2) is 33.9 Å². The summed E-state index contributed by atoms with van der Waals surface area (Å²) >= 11 is 3.40. The molecule has 1 aliphatic rings. The first-order chi connectivity index (χ1) is 17.7. The van der Waals surface area contributed by atoms with E-state index in [2.05, 4.69) is 20.9 Å². The molecule has 1 amide bonds. The molecule has 0 saturated heterocycles. The molecule has 2 aromatic carbocycles. The summed E-state index contributed by atoms with van der Waals surface area (Å²) in [4.78, 5) is 44.9. The van der Waals surface area contributed by atoms with Gasteiger partial charge in [-0.15, -0.1) is 0 Å². The number of ether oxygens (including phenoxy) is 1. The number of amides is 1. The number of carbonyl (C=O) groups is 3. The zero-order valence-corrected chi connectivity index (χ0v) is 21.4. The first-order valence-electron chi connectivity index (χ1n) is 11.5. The lowest BCUT2D eigenvalue weighted by Crippen LogP contribution is -2.31. The minimum absolute atomic E-state index is 0.0167. The fourth-order valence-corrected chi connectivity index (χ4v) is 4.60. The number of aromatic nitrogens is 1. The number of hydrogen-bond acceptors (Lipinski definition) is 7. The number of pyridine rings is 1. The molecule has 1 aliphatic heterocycles. The van der Waals surface area contributed by atoms with Gasteiger partial charge in [0.2, 0.25) is 5.78 Å². The summed E-state index contributed by atoms with van der Waals surface area (Å²) in [6.45, 7) is 3.50. The quantitative estimate of drug-likeness (QED) is 0.229. The Morgan fingerprint density at radius 2 is 1.84 bits per heavy atom. The maximum atomic E-state index is 13.7. The Balaban J connectivity index is 1.56. The van der Waals surface area contributed by atoms with E-state index in [1.54, 1.807) is 74.6 Å². The Kier molecular flexibility index (Phi) is 6.39. The standard InChI is InChI=1S/C28H21BrN2O6/c1-15(2)36-28(35)16-6-9-19(10-7-16)31-24(20-5-3-4-12-30-20)23(26(33)27(31)34)25(32)22-14-17-13-18(29)8-11-21(17)37-22/h3-15,24,33H,1-2H3. The summed E-state index contributed by atoms with van der Waals surface area (Å²) in [5, 5.41) is 11.6. The van der Waals surface area contributed by atoms with Crippen LogP contribution in [0.4, 0.5) is 5.69 Å². The summed E-state index contributed by atoms with van der Waals surface area (Å²) in [7, 11) is 0. The van der Waals surface area contributed by atoms with Crippen molar-refractivity contribution >= 4 is 50.2 Å². The van der Waals surface area contributed by atoms with Gasteiger partial charge in [0.1, 0.15) is 11.6 Å². The van der Waals surface area contributed by atoms with Crippen LogP contribution in [0.5, 0.6) is 0 Å². The lowest BCUT2D eigenvalue weighted by Gasteiger charge is -2.26. The minimum atomic E-state index is -1.02. The van der Waals surface area contributed by atoms with Gasteiger partial charge in [-0.3, -0.25) is 19.5 Å². The van der Waals surface area contributed by atoms with Crippen molar-refractivity contribution in [2.45, 2.75) is 26.0 Å². The highest BCUT2D eigenvalue weighted by molar-refractivity contribution is 9.10. The maximum Gasteiger partial charge on any atom is 0.338 e. The zero-order valence-electron chi connectivity index (χ0n) is 19.8. The molecule has 0 saturated carbocycles. The fraction of sp³-hybridized carbons (Fsp3) is 0.143. The topological polar surface area (TPSA) is 110 Å². The summed E-state index contributed by atoms with van der Waals surface area (Å²) in [6, 6.07) is 17.1. The Morgan fingerprint density at radius 1 is 1.08 bits per heavy atom. The van der Waals surface area contributed by atoms with Crippen molar-refractivity contribution in [3.8, 4) is 0 Å². The second-order valence-electron chi connectivity index (χ2n) is 8.72. The third-order valence-corrected chi connectivity index (χ3v) is 6.34. The largest absolute Gasteiger partial charge is 0.503 e. The van der Waals surface area contributed by atoms with E-state index in [1.165, 1.54) is 17.0 Å². The van der Waals surface area contributed by atoms with Crippen LogP contribution in [0, 0.1) is 0 Å². The van der Waals surface area contributed by atoms with E-state index in [1.807, 2.05) is 0 Å². The van der Waals surface area contributed by atoms with E-state index < -0.39 is 29.5 Å². The molecule has 9 heteroatoms. The third kappa shape index (κ3) is 4.53. The van der Waals surface area contributed by atoms with Crippen molar-refractivity contribution in [2.75, 3.05) is 4.90 Å². The Labute approximate surface area is 220 Å². The molecule has 8 nitrogen and oxygen atoms in total. The predicted octanol–water partition coefficient (Wildman–Crippen LogP) is 5.94. The van der Waals surface area contributed by atoms with Crippen molar-refractivity contribution < 1.29 is 28.6 Å². The van der Waals surface area contributed by atoms with Crippen LogP contribution in [0.3, 0.4) is 0 Å². The van der Waals surface area contributed by atoms with Crippen LogP contribution in [0.25, 0.3) is 11.0 Å². The van der Waals surface area contributed by atoms with Crippen LogP contribution < -0.4 is 4.90 Å². The van der Waals surface area contributed by atoms with Crippen molar-refractivity contribution in [2.24, 2.45) is 0 Å². The normalized spacial score (nSPS) is 15.6. The molecule has 0 bridgehead atoms. The van der Waals surface area contributed by atoms with Gasteiger partial charge in [0, 0.05) is 21.7 Å². The van der Waals surface area contributed by atoms with Crippen molar-refractivity contribution in [1.29, 1.82) is 0 Å². The molecule has 5 rings (SSSR count). The number of anilines is 1. The van der Waals surface area contributed by atoms with E-state index in [0.717, 1.165) is 4.47 Å². The smallest absolute Gasteiger partial charge is 0.338 e. The summed E-state index contributed by atoms with van der Waals surface area (Å²) < 4.78 is 11.8. The highest BCUT2D eigenvalue weighted by atomic mass is 79.9. The number of benzene rings is 2. The lowest BCUT2D eigenvalue weighted by atomic mass is 9.98. The molecule has 4 aromatic rings. The van der Waals surface area contributed by atoms with E-state index in [-0.39, 0.29) is 17.4 Å². The lowest BCUT2D eigenvalue weighted by molar-refractivity contribution is -0.117. The van der Waals surface area contributed by atoms with E-state index >= 15 is 0 Å². The molecule has 3 heterocycles. The minimum Gasteiger partial charge on any atom is -0.503 e. The monoisotopic (exact) mass is 560 g/mol. The van der Waals surface area contributed by atoms with Crippen LogP contribution in [0.15, 0.2) is 93.1 Å². The van der Waals surface area contributed by atoms with Gasteiger partial charge in [0.05, 0.1) is 22.9 Å². The van der Waals surface area contributed by atoms with Gasteiger partial charge in [-0.25, -0.2) is 4.79 Å². The van der Waals surface area contributed by atoms with E-state index in [4.69, 9.17) is 9.15 Å². The summed E-state index contributed by atoms with van der Waals surface area (Å²) in [5.41, 5.74) is 1.40. The number of esters is 1. The number of furan rings is 1. The van der Waals surface area contributed by atoms with Crippen molar-refractivity contribution in [1.82, 2.24) is 4.98 Å². The van der Waals surface area contributed by atoms with Gasteiger partial charge < -0.3 is 14.3 Å². The molecule has 0 radical (unpaired) electrons. The molecule has 37 heavy (non-hydrogen) atoms. The molecule has 186 valence electrons. The molecule has 1 unspecified atom stereocenters. The highest BCUT2D eigenvalue weighted by Gasteiger charge is 2.46. The number of Topliss-reactive ketones (excluding diaryl/α,β-unsaturated/α-hetero) is 1. The van der Waals surface area contributed by atoms with E-state index in [0.29, 0.717) is 27.9 Å². The van der Waals surface area contributed by atoms with Crippen molar-refractivity contribution in [3.63, 3.8) is 0 Å². The van der Waals surface area contributed by atoms with Crippen LogP contribution in [-0.2, 0) is 9.53 Å². The molecule has 0 spiro atoms. The molecular formula is C28H21BrN2O6.